The summed E-state index contributed by atoms with van der Waals surface area (Å²) in [5.74, 6) is -2.26. The van der Waals surface area contributed by atoms with Crippen LogP contribution in [0.1, 0.15) is 17.9 Å². The van der Waals surface area contributed by atoms with Crippen LogP contribution in [0.5, 0.6) is 0 Å². The van der Waals surface area contributed by atoms with Crippen LogP contribution in [0, 0.1) is 32.1 Å². The van der Waals surface area contributed by atoms with Gasteiger partial charge in [-0.25, -0.2) is 4.79 Å². The van der Waals surface area contributed by atoms with Gasteiger partial charge in [0.25, 0.3) is 5.69 Å². The van der Waals surface area contributed by atoms with Gasteiger partial charge >= 0.3 is 11.5 Å². The zero-order chi connectivity index (χ0) is 16.8. The maximum absolute atomic E-state index is 12.3. The van der Waals surface area contributed by atoms with E-state index in [2.05, 4.69) is 0 Å². The molecule has 0 aromatic heterocycles. The highest BCUT2D eigenvalue weighted by Crippen LogP contribution is 2.57. The number of carbonyl (C=O) groups excluding carboxylic acids is 1. The molecule has 1 aromatic carbocycles. The quantitative estimate of drug-likeness (QED) is 0.363. The highest BCUT2D eigenvalue weighted by molar-refractivity contribution is 5.83. The number of hydrogen-bond acceptors (Lipinski definition) is 6. The van der Waals surface area contributed by atoms with Gasteiger partial charge in [0.1, 0.15) is 0 Å². The van der Waals surface area contributed by atoms with Crippen molar-refractivity contribution in [2.75, 3.05) is 7.11 Å². The van der Waals surface area contributed by atoms with Crippen LogP contribution in [0.2, 0.25) is 0 Å². The fourth-order valence-corrected chi connectivity index (χ4v) is 3.93. The average molecular weight is 318 g/mol. The Balaban J connectivity index is 2.11. The molecule has 0 amide bonds. The topological polar surface area (TPSA) is 113 Å². The molecule has 4 atom stereocenters. The number of nitro groups is 2. The van der Waals surface area contributed by atoms with Crippen molar-refractivity contribution in [3.63, 3.8) is 0 Å². The van der Waals surface area contributed by atoms with Crippen LogP contribution in [0.3, 0.4) is 0 Å². The van der Waals surface area contributed by atoms with Crippen LogP contribution in [0.4, 0.5) is 5.69 Å². The lowest BCUT2D eigenvalue weighted by molar-refractivity contribution is -0.564. The van der Waals surface area contributed by atoms with Crippen molar-refractivity contribution in [3.8, 4) is 0 Å². The van der Waals surface area contributed by atoms with Gasteiger partial charge in [0.2, 0.25) is 0 Å². The smallest absolute Gasteiger partial charge is 0.385 e. The summed E-state index contributed by atoms with van der Waals surface area (Å²) in [5, 5.41) is 22.6. The minimum absolute atomic E-state index is 0.0998. The standard InChI is InChI=1S/C15H14N2O6/c1-23-14(18)15(17(21)22)11-5-2-10(8-11)13(15)9-3-6-12(7-4-9)16(19)20/h2-7,10-11,13H,8H2,1H3. The van der Waals surface area contributed by atoms with Crippen molar-refractivity contribution in [2.45, 2.75) is 17.9 Å². The lowest BCUT2D eigenvalue weighted by atomic mass is 9.72. The molecule has 8 nitrogen and oxygen atoms in total. The first-order chi connectivity index (χ1) is 10.9. The lowest BCUT2D eigenvalue weighted by Crippen LogP contribution is -2.55. The number of benzene rings is 1. The Kier molecular flexibility index (Phi) is 3.39. The van der Waals surface area contributed by atoms with Crippen molar-refractivity contribution >= 4 is 11.7 Å². The predicted octanol–water partition coefficient (Wildman–Crippen LogP) is 2.07. The monoisotopic (exact) mass is 318 g/mol. The second-order valence-electron chi connectivity index (χ2n) is 5.79. The number of esters is 1. The van der Waals surface area contributed by atoms with Crippen molar-refractivity contribution in [2.24, 2.45) is 11.8 Å². The van der Waals surface area contributed by atoms with Crippen LogP contribution in [0.15, 0.2) is 36.4 Å². The van der Waals surface area contributed by atoms with Gasteiger partial charge in [0.15, 0.2) is 0 Å². The van der Waals surface area contributed by atoms with E-state index >= 15 is 0 Å². The number of allylic oxidation sites excluding steroid dienone is 1. The first kappa shape index (κ1) is 15.1. The molecule has 1 saturated carbocycles. The van der Waals surface area contributed by atoms with Crippen LogP contribution in [-0.4, -0.2) is 28.5 Å². The largest absolute Gasteiger partial charge is 0.464 e. The van der Waals surface area contributed by atoms with Crippen LogP contribution in [0.25, 0.3) is 0 Å². The third-order valence-electron chi connectivity index (χ3n) is 4.86. The second-order valence-corrected chi connectivity index (χ2v) is 5.79. The Morgan fingerprint density at radius 2 is 1.87 bits per heavy atom. The van der Waals surface area contributed by atoms with Crippen LogP contribution < -0.4 is 0 Å². The molecule has 1 fully saturated rings. The van der Waals surface area contributed by atoms with Gasteiger partial charge in [-0.3, -0.25) is 20.2 Å². The van der Waals surface area contributed by atoms with E-state index in [0.29, 0.717) is 12.0 Å². The van der Waals surface area contributed by atoms with Gasteiger partial charge in [-0.15, -0.1) is 0 Å². The minimum Gasteiger partial charge on any atom is -0.464 e. The molecule has 2 aliphatic rings. The number of hydrogen-bond donors (Lipinski definition) is 0. The molecule has 2 aliphatic carbocycles. The van der Waals surface area contributed by atoms with Gasteiger partial charge in [-0.05, 0) is 17.9 Å². The summed E-state index contributed by atoms with van der Waals surface area (Å²) in [4.78, 5) is 33.8. The molecule has 2 bridgehead atoms. The number of ether oxygens (including phenoxy) is 1. The SMILES string of the molecule is COC(=O)C1([N+](=O)[O-])C2C=CC(C2)C1c1ccc([N+](=O)[O-])cc1. The molecule has 1 aromatic rings. The zero-order valence-electron chi connectivity index (χ0n) is 12.2. The van der Waals surface area contributed by atoms with E-state index in [1.54, 1.807) is 6.08 Å². The summed E-state index contributed by atoms with van der Waals surface area (Å²) < 4.78 is 4.74. The Labute approximate surface area is 131 Å². The van der Waals surface area contributed by atoms with E-state index in [1.165, 1.54) is 24.3 Å². The van der Waals surface area contributed by atoms with E-state index in [0.717, 1.165) is 7.11 Å². The summed E-state index contributed by atoms with van der Waals surface area (Å²) in [6, 6.07) is 5.57. The van der Waals surface area contributed by atoms with E-state index < -0.39 is 33.2 Å². The molecule has 0 heterocycles. The highest BCUT2D eigenvalue weighted by atomic mass is 16.6. The van der Waals surface area contributed by atoms with Gasteiger partial charge in [-0.2, -0.15) is 0 Å². The number of nitro benzene ring substituents is 1. The fourth-order valence-electron chi connectivity index (χ4n) is 3.93. The van der Waals surface area contributed by atoms with E-state index in [1.807, 2.05) is 6.08 Å². The third kappa shape index (κ3) is 1.94. The maximum atomic E-state index is 12.3. The Bertz CT molecular complexity index is 713. The molecule has 8 heteroatoms. The zero-order valence-corrected chi connectivity index (χ0v) is 12.2. The number of methoxy groups -OCH3 is 1. The summed E-state index contributed by atoms with van der Waals surface area (Å²) in [5.41, 5.74) is -1.43. The summed E-state index contributed by atoms with van der Waals surface area (Å²) in [6.07, 6.45) is 4.07. The minimum atomic E-state index is -1.87. The molecule has 3 rings (SSSR count). The Morgan fingerprint density at radius 3 is 2.39 bits per heavy atom. The lowest BCUT2D eigenvalue weighted by Gasteiger charge is -2.31. The number of nitrogens with zero attached hydrogens (tertiary/aromatic N) is 2. The molecular formula is C15H14N2O6. The van der Waals surface area contributed by atoms with Gasteiger partial charge in [0.05, 0.1) is 23.9 Å². The normalized spacial score (nSPS) is 31.1. The molecule has 0 saturated heterocycles. The summed E-state index contributed by atoms with van der Waals surface area (Å²) in [7, 11) is 1.14. The van der Waals surface area contributed by atoms with Crippen molar-refractivity contribution in [3.05, 3.63) is 62.2 Å². The molecule has 0 spiro atoms. The number of non-ortho nitro benzene ring substituents is 1. The Morgan fingerprint density at radius 1 is 1.22 bits per heavy atom. The first-order valence-electron chi connectivity index (χ1n) is 7.08. The molecule has 0 radical (unpaired) electrons. The van der Waals surface area contributed by atoms with Gasteiger partial charge < -0.3 is 4.74 Å². The fraction of sp³-hybridized carbons (Fsp3) is 0.400. The van der Waals surface area contributed by atoms with Gasteiger partial charge in [0, 0.05) is 17.1 Å². The molecular weight excluding hydrogens is 304 g/mol. The van der Waals surface area contributed by atoms with E-state index in [4.69, 9.17) is 4.74 Å². The molecule has 120 valence electrons. The number of carbonyl (C=O) groups is 1. The van der Waals surface area contributed by atoms with Gasteiger partial charge in [-0.1, -0.05) is 24.3 Å². The molecule has 0 N–H and O–H groups in total. The van der Waals surface area contributed by atoms with Crippen LogP contribution in [-0.2, 0) is 9.53 Å². The summed E-state index contributed by atoms with van der Waals surface area (Å²) in [6.45, 7) is 0. The average Bonchev–Trinajstić information content (AvgIpc) is 3.13. The molecule has 4 unspecified atom stereocenters. The first-order valence-corrected chi connectivity index (χ1v) is 7.08. The second kappa shape index (κ2) is 5.15. The van der Waals surface area contributed by atoms with Crippen LogP contribution >= 0.6 is 0 Å². The summed E-state index contributed by atoms with van der Waals surface area (Å²) >= 11 is 0. The number of fused-ring (bicyclic) bond motifs is 2. The predicted molar refractivity (Wildman–Crippen MR) is 78.3 cm³/mol. The Hall–Kier alpha value is -2.77. The van der Waals surface area contributed by atoms with Crippen molar-refractivity contribution in [1.82, 2.24) is 0 Å². The van der Waals surface area contributed by atoms with E-state index in [9.17, 15) is 25.0 Å². The molecule has 23 heavy (non-hydrogen) atoms. The van der Waals surface area contributed by atoms with E-state index in [-0.39, 0.29) is 11.6 Å². The van der Waals surface area contributed by atoms with Crippen molar-refractivity contribution in [1.29, 1.82) is 0 Å². The molecule has 0 aliphatic heterocycles. The number of rotatable bonds is 4. The highest BCUT2D eigenvalue weighted by Gasteiger charge is 2.71. The maximum Gasteiger partial charge on any atom is 0.385 e. The third-order valence-corrected chi connectivity index (χ3v) is 4.86. The van der Waals surface area contributed by atoms with Crippen molar-refractivity contribution < 1.29 is 19.4 Å².